The van der Waals surface area contributed by atoms with Crippen molar-refractivity contribution in [2.45, 2.75) is 32.5 Å². The van der Waals surface area contributed by atoms with Crippen molar-refractivity contribution in [1.82, 2.24) is 5.32 Å². The average Bonchev–Trinajstić information content (AvgIpc) is 2.30. The molecule has 0 unspecified atom stereocenters. The molecule has 2 N–H and O–H groups in total. The lowest BCUT2D eigenvalue weighted by Crippen LogP contribution is -2.40. The van der Waals surface area contributed by atoms with Gasteiger partial charge in [0, 0.05) is 0 Å². The van der Waals surface area contributed by atoms with Crippen LogP contribution in [-0.4, -0.2) is 23.2 Å². The molecule has 0 bridgehead atoms. The molecular weight excluding hydrogens is 275 g/mol. The predicted octanol–water partition coefficient (Wildman–Crippen LogP) is 2.50. The molecule has 0 radical (unpaired) electrons. The van der Waals surface area contributed by atoms with E-state index >= 15 is 0 Å². The van der Waals surface area contributed by atoms with Crippen molar-refractivity contribution in [3.05, 3.63) is 34.9 Å². The fourth-order valence-corrected chi connectivity index (χ4v) is 1.80. The van der Waals surface area contributed by atoms with Gasteiger partial charge in [0.1, 0.15) is 0 Å². The maximum atomic E-state index is 12.3. The standard InChI is InChI=1S/C13H14F3NO3/c1-7-4-3-5-9(8(7)2)10(6-11(18)19)17-12(20)13(14,15)16/h3-5,10H,6H2,1-2H3,(H,17,20)(H,18,19)/t10-/m1/s1. The number of hydrogen-bond acceptors (Lipinski definition) is 2. The molecule has 0 fully saturated rings. The highest BCUT2D eigenvalue weighted by Crippen LogP contribution is 2.25. The van der Waals surface area contributed by atoms with Crippen molar-refractivity contribution in [3.63, 3.8) is 0 Å². The Labute approximate surface area is 113 Å². The quantitative estimate of drug-likeness (QED) is 0.895. The Kier molecular flexibility index (Phi) is 4.75. The third kappa shape index (κ3) is 3.97. The van der Waals surface area contributed by atoms with Crippen molar-refractivity contribution < 1.29 is 27.9 Å². The van der Waals surface area contributed by atoms with Gasteiger partial charge in [0.25, 0.3) is 0 Å². The summed E-state index contributed by atoms with van der Waals surface area (Å²) in [6.07, 6.45) is -5.67. The summed E-state index contributed by atoms with van der Waals surface area (Å²) in [6, 6.07) is 3.64. The van der Waals surface area contributed by atoms with E-state index in [0.29, 0.717) is 11.1 Å². The Hall–Kier alpha value is -2.05. The Bertz CT molecular complexity index is 526. The van der Waals surface area contributed by atoms with Crippen molar-refractivity contribution in [2.24, 2.45) is 0 Å². The number of rotatable bonds is 4. The molecule has 110 valence electrons. The number of carboxylic acids is 1. The molecule has 7 heteroatoms. The minimum Gasteiger partial charge on any atom is -0.481 e. The second kappa shape index (κ2) is 5.94. The highest BCUT2D eigenvalue weighted by Gasteiger charge is 2.40. The van der Waals surface area contributed by atoms with Crippen molar-refractivity contribution in [3.8, 4) is 0 Å². The van der Waals surface area contributed by atoms with Crippen LogP contribution in [0.5, 0.6) is 0 Å². The second-order valence-corrected chi connectivity index (χ2v) is 4.41. The fourth-order valence-electron chi connectivity index (χ4n) is 1.80. The molecule has 4 nitrogen and oxygen atoms in total. The summed E-state index contributed by atoms with van der Waals surface area (Å²) in [5.41, 5.74) is 1.82. The highest BCUT2D eigenvalue weighted by molar-refractivity contribution is 5.82. The van der Waals surface area contributed by atoms with Crippen LogP contribution in [0.3, 0.4) is 0 Å². The Morgan fingerprint density at radius 3 is 2.40 bits per heavy atom. The molecule has 0 aliphatic rings. The van der Waals surface area contributed by atoms with Crippen molar-refractivity contribution in [2.75, 3.05) is 0 Å². The number of carbonyl (C=O) groups is 2. The highest BCUT2D eigenvalue weighted by atomic mass is 19.4. The summed E-state index contributed by atoms with van der Waals surface area (Å²) in [7, 11) is 0. The monoisotopic (exact) mass is 289 g/mol. The first kappa shape index (κ1) is 16.0. The van der Waals surface area contributed by atoms with E-state index in [1.165, 1.54) is 6.07 Å². The number of carbonyl (C=O) groups excluding carboxylic acids is 1. The summed E-state index contributed by atoms with van der Waals surface area (Å²) in [4.78, 5) is 21.8. The van der Waals surface area contributed by atoms with Crippen LogP contribution in [0, 0.1) is 13.8 Å². The fraction of sp³-hybridized carbons (Fsp3) is 0.385. The van der Waals surface area contributed by atoms with Gasteiger partial charge in [-0.05, 0) is 30.5 Å². The van der Waals surface area contributed by atoms with Gasteiger partial charge in [0.2, 0.25) is 0 Å². The molecule has 0 aliphatic heterocycles. The third-order valence-corrected chi connectivity index (χ3v) is 2.96. The minimum absolute atomic E-state index is 0.366. The van der Waals surface area contributed by atoms with Crippen LogP contribution < -0.4 is 5.32 Å². The van der Waals surface area contributed by atoms with Crippen molar-refractivity contribution in [1.29, 1.82) is 0 Å². The predicted molar refractivity (Wildman–Crippen MR) is 65.1 cm³/mol. The topological polar surface area (TPSA) is 66.4 Å². The largest absolute Gasteiger partial charge is 0.481 e. The number of benzene rings is 1. The van der Waals surface area contributed by atoms with E-state index in [1.807, 2.05) is 0 Å². The molecule has 1 aromatic rings. The second-order valence-electron chi connectivity index (χ2n) is 4.41. The molecule has 1 atom stereocenters. The average molecular weight is 289 g/mol. The summed E-state index contributed by atoms with van der Waals surface area (Å²) in [6.45, 7) is 3.42. The van der Waals surface area contributed by atoms with E-state index in [1.54, 1.807) is 31.3 Å². The van der Waals surface area contributed by atoms with Gasteiger partial charge in [-0.3, -0.25) is 9.59 Å². The normalized spacial score (nSPS) is 12.8. The number of nitrogens with one attached hydrogen (secondary N) is 1. The minimum atomic E-state index is -5.05. The Balaban J connectivity index is 3.10. The lowest BCUT2D eigenvalue weighted by atomic mass is 9.95. The van der Waals surface area contributed by atoms with E-state index in [4.69, 9.17) is 5.11 Å². The third-order valence-electron chi connectivity index (χ3n) is 2.96. The maximum Gasteiger partial charge on any atom is 0.471 e. The number of hydrogen-bond donors (Lipinski definition) is 2. The maximum absolute atomic E-state index is 12.3. The molecule has 20 heavy (non-hydrogen) atoms. The van der Waals surface area contributed by atoms with Gasteiger partial charge in [0.05, 0.1) is 12.5 Å². The van der Waals surface area contributed by atoms with Gasteiger partial charge in [-0.1, -0.05) is 18.2 Å². The van der Waals surface area contributed by atoms with E-state index in [0.717, 1.165) is 5.56 Å². The van der Waals surface area contributed by atoms with E-state index < -0.39 is 30.5 Å². The summed E-state index contributed by atoms with van der Waals surface area (Å²) in [5.74, 6) is -3.44. The molecular formula is C13H14F3NO3. The van der Waals surface area contributed by atoms with Crippen LogP contribution >= 0.6 is 0 Å². The number of amides is 1. The van der Waals surface area contributed by atoms with E-state index in [-0.39, 0.29) is 0 Å². The van der Waals surface area contributed by atoms with E-state index in [2.05, 4.69) is 0 Å². The number of aryl methyl sites for hydroxylation is 1. The first-order valence-corrected chi connectivity index (χ1v) is 5.78. The number of alkyl halides is 3. The molecule has 0 aromatic heterocycles. The van der Waals surface area contributed by atoms with Gasteiger partial charge in [-0.25, -0.2) is 0 Å². The van der Waals surface area contributed by atoms with Crippen LogP contribution in [0.15, 0.2) is 18.2 Å². The molecule has 1 aromatic carbocycles. The van der Waals surface area contributed by atoms with Crippen LogP contribution in [0.1, 0.15) is 29.2 Å². The molecule has 0 saturated carbocycles. The summed E-state index contributed by atoms with van der Waals surface area (Å²) >= 11 is 0. The summed E-state index contributed by atoms with van der Waals surface area (Å²) < 4.78 is 36.8. The Morgan fingerprint density at radius 2 is 1.90 bits per heavy atom. The molecule has 0 spiro atoms. The zero-order valence-corrected chi connectivity index (χ0v) is 10.9. The van der Waals surface area contributed by atoms with Gasteiger partial charge in [0.15, 0.2) is 0 Å². The van der Waals surface area contributed by atoms with Crippen LogP contribution in [0.2, 0.25) is 0 Å². The van der Waals surface area contributed by atoms with Crippen LogP contribution in [-0.2, 0) is 9.59 Å². The van der Waals surface area contributed by atoms with Crippen molar-refractivity contribution >= 4 is 11.9 Å². The lowest BCUT2D eigenvalue weighted by molar-refractivity contribution is -0.174. The first-order chi connectivity index (χ1) is 9.12. The smallest absolute Gasteiger partial charge is 0.471 e. The van der Waals surface area contributed by atoms with Crippen LogP contribution in [0.25, 0.3) is 0 Å². The number of aliphatic carboxylic acids is 1. The van der Waals surface area contributed by atoms with Crippen LogP contribution in [0.4, 0.5) is 13.2 Å². The molecule has 0 heterocycles. The first-order valence-electron chi connectivity index (χ1n) is 5.78. The molecule has 1 rings (SSSR count). The summed E-state index contributed by atoms with van der Waals surface area (Å²) in [5, 5.41) is 10.5. The molecule has 0 saturated heterocycles. The van der Waals surface area contributed by atoms with Gasteiger partial charge < -0.3 is 10.4 Å². The van der Waals surface area contributed by atoms with Gasteiger partial charge in [-0.15, -0.1) is 0 Å². The molecule has 0 aliphatic carbocycles. The number of halogens is 3. The lowest BCUT2D eigenvalue weighted by Gasteiger charge is -2.21. The SMILES string of the molecule is Cc1cccc([C@@H](CC(=O)O)NC(=O)C(F)(F)F)c1C. The zero-order chi connectivity index (χ0) is 15.5. The zero-order valence-electron chi connectivity index (χ0n) is 10.9. The van der Waals surface area contributed by atoms with E-state index in [9.17, 15) is 22.8 Å². The molecule has 1 amide bonds. The Morgan fingerprint density at radius 1 is 1.30 bits per heavy atom. The van der Waals surface area contributed by atoms with Gasteiger partial charge >= 0.3 is 18.1 Å². The number of carboxylic acid groups (broad SMARTS) is 1. The van der Waals surface area contributed by atoms with Gasteiger partial charge in [-0.2, -0.15) is 13.2 Å².